The molecule has 0 saturated heterocycles. The highest BCUT2D eigenvalue weighted by molar-refractivity contribution is 9.10. The van der Waals surface area contributed by atoms with E-state index >= 15 is 0 Å². The molecule has 0 fully saturated rings. The number of carbonyl (C=O) groups excluding carboxylic acids is 1. The lowest BCUT2D eigenvalue weighted by atomic mass is 10.0. The third kappa shape index (κ3) is 4.95. The van der Waals surface area contributed by atoms with Crippen molar-refractivity contribution in [2.24, 2.45) is 5.73 Å². The van der Waals surface area contributed by atoms with Gasteiger partial charge in [0.15, 0.2) is 0 Å². The Morgan fingerprint density at radius 2 is 1.93 bits per heavy atom. The third-order valence-corrected chi connectivity index (χ3v) is 2.27. The molecule has 1 aromatic carbocycles. The topological polar surface area (TPSA) is 55.1 Å². The maximum atomic E-state index is 11.5. The van der Waals surface area contributed by atoms with Crippen molar-refractivity contribution in [3.63, 3.8) is 0 Å². The molecular weight excluding hydrogens is 256 g/mol. The van der Waals surface area contributed by atoms with Gasteiger partial charge in [0.2, 0.25) is 5.91 Å². The maximum absolute atomic E-state index is 11.5. The van der Waals surface area contributed by atoms with Gasteiger partial charge in [-0.2, -0.15) is 0 Å². The van der Waals surface area contributed by atoms with E-state index in [1.54, 1.807) is 0 Å². The van der Waals surface area contributed by atoms with Gasteiger partial charge in [-0.3, -0.25) is 4.79 Å². The van der Waals surface area contributed by atoms with E-state index < -0.39 is 5.54 Å². The molecule has 4 heteroatoms. The summed E-state index contributed by atoms with van der Waals surface area (Å²) in [5.41, 5.74) is 6.06. The van der Waals surface area contributed by atoms with Crippen molar-refractivity contribution in [3.05, 3.63) is 28.7 Å². The lowest BCUT2D eigenvalue weighted by Crippen LogP contribution is -2.36. The average molecular weight is 271 g/mol. The first-order chi connectivity index (χ1) is 6.87. The Bertz CT molecular complexity index is 341. The van der Waals surface area contributed by atoms with Crippen molar-refractivity contribution in [1.82, 2.24) is 0 Å². The minimum atomic E-state index is -0.473. The quantitative estimate of drug-likeness (QED) is 0.887. The van der Waals surface area contributed by atoms with Crippen LogP contribution in [0.5, 0.6) is 0 Å². The molecule has 15 heavy (non-hydrogen) atoms. The van der Waals surface area contributed by atoms with Crippen LogP contribution in [0.15, 0.2) is 28.7 Å². The zero-order chi connectivity index (χ0) is 11.5. The van der Waals surface area contributed by atoms with Crippen molar-refractivity contribution >= 4 is 27.5 Å². The third-order valence-electron chi connectivity index (χ3n) is 1.74. The summed E-state index contributed by atoms with van der Waals surface area (Å²) in [6, 6.07) is 7.43. The van der Waals surface area contributed by atoms with Gasteiger partial charge in [0.05, 0.1) is 0 Å². The minimum Gasteiger partial charge on any atom is -0.326 e. The van der Waals surface area contributed by atoms with E-state index in [0.29, 0.717) is 6.42 Å². The monoisotopic (exact) mass is 270 g/mol. The number of anilines is 1. The van der Waals surface area contributed by atoms with Crippen LogP contribution in [0.3, 0.4) is 0 Å². The highest BCUT2D eigenvalue weighted by Crippen LogP contribution is 2.15. The Morgan fingerprint density at radius 1 is 1.40 bits per heavy atom. The number of amides is 1. The molecule has 3 nitrogen and oxygen atoms in total. The maximum Gasteiger partial charge on any atom is 0.226 e. The zero-order valence-electron chi connectivity index (χ0n) is 8.88. The predicted octanol–water partition coefficient (Wildman–Crippen LogP) is 2.52. The molecule has 0 heterocycles. The molecule has 82 valence electrons. The highest BCUT2D eigenvalue weighted by Gasteiger charge is 2.16. The first kappa shape index (κ1) is 12.2. The zero-order valence-corrected chi connectivity index (χ0v) is 10.5. The van der Waals surface area contributed by atoms with Crippen molar-refractivity contribution in [2.45, 2.75) is 25.8 Å². The number of rotatable bonds is 3. The number of nitrogens with two attached hydrogens (primary N) is 1. The molecule has 1 aromatic rings. The summed E-state index contributed by atoms with van der Waals surface area (Å²) in [5.74, 6) is -0.0650. The summed E-state index contributed by atoms with van der Waals surface area (Å²) < 4.78 is 0.986. The van der Waals surface area contributed by atoms with Crippen LogP contribution < -0.4 is 11.1 Å². The molecule has 0 saturated carbocycles. The van der Waals surface area contributed by atoms with Crippen LogP contribution in [0.4, 0.5) is 5.69 Å². The molecule has 0 aromatic heterocycles. The van der Waals surface area contributed by atoms with E-state index in [4.69, 9.17) is 5.73 Å². The van der Waals surface area contributed by atoms with Crippen LogP contribution in [0.1, 0.15) is 20.3 Å². The van der Waals surface area contributed by atoms with Crippen molar-refractivity contribution in [3.8, 4) is 0 Å². The number of nitrogens with one attached hydrogen (secondary N) is 1. The van der Waals surface area contributed by atoms with Gasteiger partial charge >= 0.3 is 0 Å². The Labute approximate surface area is 98.2 Å². The molecule has 1 amide bonds. The van der Waals surface area contributed by atoms with Gasteiger partial charge in [-0.25, -0.2) is 0 Å². The van der Waals surface area contributed by atoms with E-state index in [1.165, 1.54) is 0 Å². The van der Waals surface area contributed by atoms with Crippen molar-refractivity contribution in [2.75, 3.05) is 5.32 Å². The molecule has 0 radical (unpaired) electrons. The summed E-state index contributed by atoms with van der Waals surface area (Å²) in [6.45, 7) is 3.66. The normalized spacial score (nSPS) is 11.2. The van der Waals surface area contributed by atoms with Gasteiger partial charge in [-0.05, 0) is 38.1 Å². The number of carbonyl (C=O) groups is 1. The second-order valence-corrected chi connectivity index (χ2v) is 5.14. The van der Waals surface area contributed by atoms with Crippen molar-refractivity contribution < 1.29 is 4.79 Å². The summed E-state index contributed by atoms with van der Waals surface area (Å²) in [4.78, 5) is 11.5. The van der Waals surface area contributed by atoms with Gasteiger partial charge in [0.1, 0.15) is 0 Å². The molecular formula is C11H15BrN2O. The number of halogens is 1. The van der Waals surface area contributed by atoms with E-state index in [2.05, 4.69) is 21.2 Å². The largest absolute Gasteiger partial charge is 0.326 e. The molecule has 0 atom stereocenters. The standard InChI is InChI=1S/C11H15BrN2O/c1-11(2,13)7-10(15)14-9-5-3-8(12)4-6-9/h3-6H,7,13H2,1-2H3,(H,14,15). The van der Waals surface area contributed by atoms with E-state index in [0.717, 1.165) is 10.2 Å². The Hall–Kier alpha value is -0.870. The molecule has 0 spiro atoms. The summed E-state index contributed by atoms with van der Waals surface area (Å²) in [6.07, 6.45) is 0.309. The van der Waals surface area contributed by atoms with Crippen LogP contribution in [0.2, 0.25) is 0 Å². The van der Waals surface area contributed by atoms with E-state index in [1.807, 2.05) is 38.1 Å². The number of hydrogen-bond acceptors (Lipinski definition) is 2. The van der Waals surface area contributed by atoms with Gasteiger partial charge in [0.25, 0.3) is 0 Å². The van der Waals surface area contributed by atoms with Crippen LogP contribution in [0, 0.1) is 0 Å². The second kappa shape index (κ2) is 4.77. The predicted molar refractivity (Wildman–Crippen MR) is 65.7 cm³/mol. The highest BCUT2D eigenvalue weighted by atomic mass is 79.9. The lowest BCUT2D eigenvalue weighted by Gasteiger charge is -2.17. The fourth-order valence-corrected chi connectivity index (χ4v) is 1.42. The molecule has 0 aliphatic carbocycles. The van der Waals surface area contributed by atoms with Crippen LogP contribution in [-0.4, -0.2) is 11.4 Å². The molecule has 1 rings (SSSR count). The Balaban J connectivity index is 2.55. The van der Waals surface area contributed by atoms with Crippen LogP contribution in [0.25, 0.3) is 0 Å². The van der Waals surface area contributed by atoms with Crippen LogP contribution in [-0.2, 0) is 4.79 Å². The smallest absolute Gasteiger partial charge is 0.226 e. The fraction of sp³-hybridized carbons (Fsp3) is 0.364. The first-order valence-electron chi connectivity index (χ1n) is 4.71. The van der Waals surface area contributed by atoms with Gasteiger partial charge in [-0.15, -0.1) is 0 Å². The molecule has 3 N–H and O–H groups in total. The molecule has 0 aliphatic rings. The van der Waals surface area contributed by atoms with E-state index in [-0.39, 0.29) is 5.91 Å². The second-order valence-electron chi connectivity index (χ2n) is 4.22. The van der Waals surface area contributed by atoms with Gasteiger partial charge in [0, 0.05) is 22.1 Å². The summed E-state index contributed by atoms with van der Waals surface area (Å²) >= 11 is 3.33. The number of hydrogen-bond donors (Lipinski definition) is 2. The lowest BCUT2D eigenvalue weighted by molar-refractivity contribution is -0.117. The summed E-state index contributed by atoms with van der Waals surface area (Å²) in [7, 11) is 0. The van der Waals surface area contributed by atoms with Gasteiger partial charge < -0.3 is 11.1 Å². The average Bonchev–Trinajstić information content (AvgIpc) is 2.05. The Morgan fingerprint density at radius 3 is 2.40 bits per heavy atom. The first-order valence-corrected chi connectivity index (χ1v) is 5.50. The summed E-state index contributed by atoms with van der Waals surface area (Å²) in [5, 5.41) is 2.79. The van der Waals surface area contributed by atoms with Crippen molar-refractivity contribution in [1.29, 1.82) is 0 Å². The minimum absolute atomic E-state index is 0.0650. The molecule has 0 bridgehead atoms. The van der Waals surface area contributed by atoms with E-state index in [9.17, 15) is 4.79 Å². The van der Waals surface area contributed by atoms with Crippen LogP contribution >= 0.6 is 15.9 Å². The number of benzene rings is 1. The SMILES string of the molecule is CC(C)(N)CC(=O)Nc1ccc(Br)cc1. The Kier molecular flexibility index (Phi) is 3.88. The fourth-order valence-electron chi connectivity index (χ4n) is 1.15. The van der Waals surface area contributed by atoms with Gasteiger partial charge in [-0.1, -0.05) is 15.9 Å². The molecule has 0 unspecified atom stereocenters. The molecule has 0 aliphatic heterocycles.